The third-order valence-electron chi connectivity index (χ3n) is 2.54. The number of nitrogens with two attached hydrogens (primary N) is 1. The Bertz CT molecular complexity index is 603. The number of aliphatic carboxylic acids is 1. The number of esters is 1. The van der Waals surface area contributed by atoms with E-state index in [4.69, 9.17) is 15.6 Å². The number of benzene rings is 1. The van der Waals surface area contributed by atoms with Crippen LogP contribution in [0.3, 0.4) is 0 Å². The van der Waals surface area contributed by atoms with Gasteiger partial charge in [-0.25, -0.2) is 9.59 Å². The Morgan fingerprint density at radius 1 is 1.39 bits per heavy atom. The molecule has 2 aromatic rings. The summed E-state index contributed by atoms with van der Waals surface area (Å²) in [7, 11) is 0. The summed E-state index contributed by atoms with van der Waals surface area (Å²) < 4.78 is 4.70. The van der Waals surface area contributed by atoms with Gasteiger partial charge in [0, 0.05) is 17.1 Å². The minimum Gasteiger partial charge on any atom is -0.473 e. The van der Waals surface area contributed by atoms with Crippen molar-refractivity contribution in [2.45, 2.75) is 6.42 Å². The third-order valence-corrected chi connectivity index (χ3v) is 2.54. The van der Waals surface area contributed by atoms with E-state index in [1.54, 1.807) is 12.1 Å². The molecule has 1 aromatic heterocycles. The Morgan fingerprint density at radius 3 is 2.83 bits per heavy atom. The zero-order valence-corrected chi connectivity index (χ0v) is 9.47. The van der Waals surface area contributed by atoms with Gasteiger partial charge < -0.3 is 20.6 Å². The van der Waals surface area contributed by atoms with Crippen molar-refractivity contribution in [3.63, 3.8) is 0 Å². The van der Waals surface area contributed by atoms with Crippen LogP contribution in [0.25, 0.3) is 10.9 Å². The molecule has 0 saturated carbocycles. The summed E-state index contributed by atoms with van der Waals surface area (Å²) in [6.07, 6.45) is 2.52. The fourth-order valence-electron chi connectivity index (χ4n) is 1.73. The molecular weight excluding hydrogens is 236 g/mol. The van der Waals surface area contributed by atoms with E-state index in [2.05, 4.69) is 4.98 Å². The van der Waals surface area contributed by atoms with E-state index in [1.807, 2.05) is 6.20 Å². The Labute approximate surface area is 102 Å². The predicted molar refractivity (Wildman–Crippen MR) is 64.3 cm³/mol. The lowest BCUT2D eigenvalue weighted by molar-refractivity contribution is -0.158. The van der Waals surface area contributed by atoms with Crippen molar-refractivity contribution in [3.8, 4) is 5.75 Å². The van der Waals surface area contributed by atoms with Crippen LogP contribution >= 0.6 is 0 Å². The van der Waals surface area contributed by atoms with E-state index in [9.17, 15) is 9.59 Å². The molecule has 2 rings (SSSR count). The number of rotatable bonds is 3. The van der Waals surface area contributed by atoms with E-state index in [0.717, 1.165) is 16.5 Å². The highest BCUT2D eigenvalue weighted by Crippen LogP contribution is 2.24. The molecule has 1 aromatic carbocycles. The molecule has 0 aliphatic rings. The molecule has 0 bridgehead atoms. The van der Waals surface area contributed by atoms with Crippen LogP contribution in [-0.4, -0.2) is 28.6 Å². The maximum Gasteiger partial charge on any atom is 0.422 e. The van der Waals surface area contributed by atoms with E-state index >= 15 is 0 Å². The number of ether oxygens (including phenoxy) is 1. The van der Waals surface area contributed by atoms with Crippen LogP contribution in [-0.2, 0) is 16.0 Å². The lowest BCUT2D eigenvalue weighted by Gasteiger charge is -2.02. The topological polar surface area (TPSA) is 105 Å². The highest BCUT2D eigenvalue weighted by molar-refractivity contribution is 6.29. The molecular formula is C12H12N2O4. The first-order chi connectivity index (χ1) is 8.61. The molecule has 0 fully saturated rings. The van der Waals surface area contributed by atoms with Crippen LogP contribution < -0.4 is 10.5 Å². The van der Waals surface area contributed by atoms with Gasteiger partial charge in [0.05, 0.1) is 0 Å². The summed E-state index contributed by atoms with van der Waals surface area (Å²) in [5.41, 5.74) is 7.38. The number of nitrogens with one attached hydrogen (secondary N) is 1. The fourth-order valence-corrected chi connectivity index (χ4v) is 1.73. The number of H-pyrrole nitrogens is 1. The summed E-state index contributed by atoms with van der Waals surface area (Å²) in [6.45, 7) is 0.506. The van der Waals surface area contributed by atoms with Crippen molar-refractivity contribution in [3.05, 3.63) is 30.0 Å². The Balaban J connectivity index is 2.33. The molecule has 6 nitrogen and oxygen atoms in total. The first-order valence-corrected chi connectivity index (χ1v) is 5.37. The SMILES string of the molecule is NCCc1c[nH]c2ccc(OC(=O)C(=O)O)cc12. The van der Waals surface area contributed by atoms with Crippen molar-refractivity contribution >= 4 is 22.8 Å². The quantitative estimate of drug-likeness (QED) is 0.420. The normalized spacial score (nSPS) is 10.5. The lowest BCUT2D eigenvalue weighted by Crippen LogP contribution is -2.19. The molecule has 0 unspecified atom stereocenters. The van der Waals surface area contributed by atoms with Crippen molar-refractivity contribution < 1.29 is 19.4 Å². The number of aromatic nitrogens is 1. The molecule has 0 aliphatic heterocycles. The summed E-state index contributed by atoms with van der Waals surface area (Å²) in [6, 6.07) is 4.88. The molecule has 0 atom stereocenters. The predicted octanol–water partition coefficient (Wildman–Crippen LogP) is 0.659. The van der Waals surface area contributed by atoms with E-state index in [0.29, 0.717) is 13.0 Å². The summed E-state index contributed by atoms with van der Waals surface area (Å²) in [4.78, 5) is 24.4. The minimum atomic E-state index is -1.62. The Morgan fingerprint density at radius 2 is 2.17 bits per heavy atom. The third kappa shape index (κ3) is 2.33. The van der Waals surface area contributed by atoms with Gasteiger partial charge in [-0.3, -0.25) is 0 Å². The first-order valence-electron chi connectivity index (χ1n) is 5.37. The van der Waals surface area contributed by atoms with E-state index in [-0.39, 0.29) is 5.75 Å². The number of hydrogen-bond acceptors (Lipinski definition) is 4. The van der Waals surface area contributed by atoms with Crippen LogP contribution in [0.4, 0.5) is 0 Å². The molecule has 1 heterocycles. The van der Waals surface area contributed by atoms with Gasteiger partial charge in [-0.1, -0.05) is 0 Å². The lowest BCUT2D eigenvalue weighted by atomic mass is 10.1. The molecule has 94 valence electrons. The molecule has 0 spiro atoms. The van der Waals surface area contributed by atoms with Crippen LogP contribution in [0.1, 0.15) is 5.56 Å². The monoisotopic (exact) mass is 248 g/mol. The second kappa shape index (κ2) is 4.89. The second-order valence-corrected chi connectivity index (χ2v) is 3.75. The van der Waals surface area contributed by atoms with Crippen molar-refractivity contribution in [2.24, 2.45) is 5.73 Å². The van der Waals surface area contributed by atoms with Gasteiger partial charge in [-0.15, -0.1) is 0 Å². The van der Waals surface area contributed by atoms with Gasteiger partial charge in [0.25, 0.3) is 0 Å². The zero-order valence-electron chi connectivity index (χ0n) is 9.47. The number of hydrogen-bond donors (Lipinski definition) is 3. The molecule has 4 N–H and O–H groups in total. The van der Waals surface area contributed by atoms with Gasteiger partial charge in [0.15, 0.2) is 0 Å². The molecule has 0 radical (unpaired) electrons. The van der Waals surface area contributed by atoms with Crippen molar-refractivity contribution in [1.82, 2.24) is 4.98 Å². The maximum absolute atomic E-state index is 10.9. The van der Waals surface area contributed by atoms with Gasteiger partial charge in [-0.2, -0.15) is 0 Å². The highest BCUT2D eigenvalue weighted by Gasteiger charge is 2.14. The molecule has 18 heavy (non-hydrogen) atoms. The van der Waals surface area contributed by atoms with Crippen LogP contribution in [0.15, 0.2) is 24.4 Å². The maximum atomic E-state index is 10.9. The highest BCUT2D eigenvalue weighted by atomic mass is 16.6. The smallest absolute Gasteiger partial charge is 0.422 e. The van der Waals surface area contributed by atoms with Crippen molar-refractivity contribution in [2.75, 3.05) is 6.54 Å². The van der Waals surface area contributed by atoms with Crippen LogP contribution in [0.2, 0.25) is 0 Å². The van der Waals surface area contributed by atoms with E-state index in [1.165, 1.54) is 6.07 Å². The molecule has 6 heteroatoms. The standard InChI is InChI=1S/C12H12N2O4/c13-4-3-7-6-14-10-2-1-8(5-9(7)10)18-12(17)11(15)16/h1-2,5-6,14H,3-4,13H2,(H,15,16). The average molecular weight is 248 g/mol. The zero-order chi connectivity index (χ0) is 13.1. The number of carbonyl (C=O) groups is 2. The van der Waals surface area contributed by atoms with Gasteiger partial charge in [0.1, 0.15) is 5.75 Å². The van der Waals surface area contributed by atoms with Crippen LogP contribution in [0, 0.1) is 0 Å². The van der Waals surface area contributed by atoms with Gasteiger partial charge in [0.2, 0.25) is 0 Å². The van der Waals surface area contributed by atoms with Crippen LogP contribution in [0.5, 0.6) is 5.75 Å². The Hall–Kier alpha value is -2.34. The second-order valence-electron chi connectivity index (χ2n) is 3.75. The molecule has 0 aliphatic carbocycles. The average Bonchev–Trinajstić information content (AvgIpc) is 2.72. The minimum absolute atomic E-state index is 0.202. The van der Waals surface area contributed by atoms with E-state index < -0.39 is 11.9 Å². The molecule has 0 saturated heterocycles. The number of fused-ring (bicyclic) bond motifs is 1. The van der Waals surface area contributed by atoms with Crippen molar-refractivity contribution in [1.29, 1.82) is 0 Å². The number of carbonyl (C=O) groups excluding carboxylic acids is 1. The number of carboxylic acids is 1. The first kappa shape index (κ1) is 12.1. The number of aromatic amines is 1. The van der Waals surface area contributed by atoms with Gasteiger partial charge in [-0.05, 0) is 36.7 Å². The summed E-state index contributed by atoms with van der Waals surface area (Å²) in [5.74, 6) is -2.72. The Kier molecular flexibility index (Phi) is 3.29. The van der Waals surface area contributed by atoms with Gasteiger partial charge >= 0.3 is 11.9 Å². The summed E-state index contributed by atoms with van der Waals surface area (Å²) >= 11 is 0. The summed E-state index contributed by atoms with van der Waals surface area (Å²) in [5, 5.41) is 9.33. The largest absolute Gasteiger partial charge is 0.473 e. The number of carboxylic acid groups (broad SMARTS) is 1. The molecule has 0 amide bonds. The fraction of sp³-hybridized carbons (Fsp3) is 0.167.